The fourth-order valence-corrected chi connectivity index (χ4v) is 2.88. The number of sulfonamides is 1. The second-order valence-electron chi connectivity index (χ2n) is 4.37. The average molecular weight is 298 g/mol. The number of nitrogens with one attached hydrogen (secondary N) is 2. The lowest BCUT2D eigenvalue weighted by Crippen LogP contribution is -2.16. The van der Waals surface area contributed by atoms with Gasteiger partial charge in [0.15, 0.2) is 0 Å². The van der Waals surface area contributed by atoms with E-state index in [4.69, 9.17) is 5.73 Å². The minimum absolute atomic E-state index is 0.215. The van der Waals surface area contributed by atoms with Crippen molar-refractivity contribution in [3.8, 4) is 0 Å². The van der Waals surface area contributed by atoms with Gasteiger partial charge >= 0.3 is 0 Å². The first-order chi connectivity index (χ1) is 9.35. The molecule has 0 unspecified atom stereocenters. The Bertz CT molecular complexity index is 740. The summed E-state index contributed by atoms with van der Waals surface area (Å²) in [6, 6.07) is 2.20. The van der Waals surface area contributed by atoms with Crippen LogP contribution < -0.4 is 10.5 Å². The zero-order valence-electron chi connectivity index (χ0n) is 11.1. The third-order valence-electron chi connectivity index (χ3n) is 2.95. The molecule has 0 aliphatic heterocycles. The molecule has 0 saturated heterocycles. The SMILES string of the molecule is CCc1cn[nH]c1NS(=O)(=O)c1cc(N)c(C)cc1F. The topological polar surface area (TPSA) is 101 Å². The standard InChI is InChI=1S/C12H15FN4O2S/c1-3-8-6-15-16-12(8)17-20(18,19)11-5-10(14)7(2)4-9(11)13/h4-6H,3,14H2,1-2H3,(H2,15,16,17). The molecule has 0 spiro atoms. The Labute approximate surface area is 116 Å². The highest BCUT2D eigenvalue weighted by Gasteiger charge is 2.22. The number of nitrogens with two attached hydrogens (primary N) is 1. The van der Waals surface area contributed by atoms with Crippen molar-refractivity contribution in [3.05, 3.63) is 35.3 Å². The predicted molar refractivity (Wildman–Crippen MR) is 74.3 cm³/mol. The quantitative estimate of drug-likeness (QED) is 0.749. The van der Waals surface area contributed by atoms with Crippen molar-refractivity contribution < 1.29 is 12.8 Å². The number of aromatic amines is 1. The monoisotopic (exact) mass is 298 g/mol. The molecule has 0 bridgehead atoms. The van der Waals surface area contributed by atoms with Crippen LogP contribution in [0.15, 0.2) is 23.2 Å². The van der Waals surface area contributed by atoms with Crippen LogP contribution in [0.2, 0.25) is 0 Å². The van der Waals surface area contributed by atoms with Crippen molar-refractivity contribution in [3.63, 3.8) is 0 Å². The summed E-state index contributed by atoms with van der Waals surface area (Å²) in [6.07, 6.45) is 2.10. The van der Waals surface area contributed by atoms with Crippen LogP contribution in [0.1, 0.15) is 18.1 Å². The largest absolute Gasteiger partial charge is 0.398 e. The minimum atomic E-state index is -4.06. The molecule has 1 aromatic carbocycles. The van der Waals surface area contributed by atoms with Crippen LogP contribution in [-0.4, -0.2) is 18.6 Å². The summed E-state index contributed by atoms with van der Waals surface area (Å²) in [5.74, 6) is -0.618. The van der Waals surface area contributed by atoms with Crippen LogP contribution in [0.25, 0.3) is 0 Å². The first-order valence-electron chi connectivity index (χ1n) is 5.96. The number of nitrogen functional groups attached to an aromatic ring is 1. The Kier molecular flexibility index (Phi) is 3.67. The maximum Gasteiger partial charge on any atom is 0.266 e. The summed E-state index contributed by atoms with van der Waals surface area (Å²) in [5, 5.41) is 6.29. The van der Waals surface area contributed by atoms with Gasteiger partial charge in [-0.15, -0.1) is 0 Å². The Morgan fingerprint density at radius 1 is 1.45 bits per heavy atom. The van der Waals surface area contributed by atoms with Gasteiger partial charge < -0.3 is 5.73 Å². The molecule has 6 nitrogen and oxygen atoms in total. The fourth-order valence-electron chi connectivity index (χ4n) is 1.73. The molecule has 20 heavy (non-hydrogen) atoms. The number of hydrogen-bond acceptors (Lipinski definition) is 4. The number of hydrogen-bond donors (Lipinski definition) is 3. The van der Waals surface area contributed by atoms with Gasteiger partial charge in [-0.05, 0) is 31.0 Å². The van der Waals surface area contributed by atoms with E-state index in [-0.39, 0.29) is 11.5 Å². The van der Waals surface area contributed by atoms with Gasteiger partial charge in [0.25, 0.3) is 10.0 Å². The van der Waals surface area contributed by atoms with Crippen LogP contribution >= 0.6 is 0 Å². The van der Waals surface area contributed by atoms with Crippen molar-refractivity contribution in [2.24, 2.45) is 0 Å². The molecule has 1 aromatic heterocycles. The van der Waals surface area contributed by atoms with Crippen LogP contribution in [0.5, 0.6) is 0 Å². The molecule has 8 heteroatoms. The molecule has 2 rings (SSSR count). The van der Waals surface area contributed by atoms with Gasteiger partial charge in [0, 0.05) is 11.3 Å². The first kappa shape index (κ1) is 14.3. The summed E-state index contributed by atoms with van der Waals surface area (Å²) in [6.45, 7) is 3.46. The second kappa shape index (κ2) is 5.12. The molecule has 0 aliphatic carbocycles. The lowest BCUT2D eigenvalue weighted by atomic mass is 10.2. The lowest BCUT2D eigenvalue weighted by Gasteiger charge is -2.10. The molecule has 1 heterocycles. The van der Waals surface area contributed by atoms with Crippen LogP contribution in [0.3, 0.4) is 0 Å². The number of halogens is 1. The van der Waals surface area contributed by atoms with Gasteiger partial charge in [-0.25, -0.2) is 12.8 Å². The van der Waals surface area contributed by atoms with E-state index in [1.807, 2.05) is 6.92 Å². The third kappa shape index (κ3) is 2.60. The molecular weight excluding hydrogens is 283 g/mol. The molecule has 0 atom stereocenters. The van der Waals surface area contributed by atoms with Crippen molar-refractivity contribution in [2.45, 2.75) is 25.2 Å². The zero-order valence-corrected chi connectivity index (χ0v) is 11.9. The van der Waals surface area contributed by atoms with Crippen molar-refractivity contribution in [1.82, 2.24) is 10.2 Å². The van der Waals surface area contributed by atoms with Gasteiger partial charge in [0.1, 0.15) is 16.5 Å². The van der Waals surface area contributed by atoms with E-state index >= 15 is 0 Å². The maximum atomic E-state index is 13.8. The highest BCUT2D eigenvalue weighted by molar-refractivity contribution is 7.92. The third-order valence-corrected chi connectivity index (χ3v) is 4.31. The van der Waals surface area contributed by atoms with E-state index in [1.165, 1.54) is 6.20 Å². The normalized spacial score (nSPS) is 11.6. The Morgan fingerprint density at radius 2 is 2.15 bits per heavy atom. The Morgan fingerprint density at radius 3 is 2.80 bits per heavy atom. The van der Waals surface area contributed by atoms with Gasteiger partial charge in [0.05, 0.1) is 6.20 Å². The maximum absolute atomic E-state index is 13.8. The number of rotatable bonds is 4. The van der Waals surface area contributed by atoms with E-state index in [0.717, 1.165) is 12.1 Å². The molecule has 108 valence electrons. The molecule has 0 amide bonds. The van der Waals surface area contributed by atoms with Crippen molar-refractivity contribution in [2.75, 3.05) is 10.5 Å². The highest BCUT2D eigenvalue weighted by atomic mass is 32.2. The van der Waals surface area contributed by atoms with Crippen LogP contribution in [-0.2, 0) is 16.4 Å². The average Bonchev–Trinajstić information content (AvgIpc) is 2.80. The van der Waals surface area contributed by atoms with E-state index in [1.54, 1.807) is 6.92 Å². The Balaban J connectivity index is 2.43. The number of H-pyrrole nitrogens is 1. The molecular formula is C12H15FN4O2S. The van der Waals surface area contributed by atoms with Crippen LogP contribution in [0.4, 0.5) is 15.9 Å². The summed E-state index contributed by atoms with van der Waals surface area (Å²) < 4.78 is 40.5. The van der Waals surface area contributed by atoms with Crippen molar-refractivity contribution >= 4 is 21.5 Å². The highest BCUT2D eigenvalue weighted by Crippen LogP contribution is 2.24. The van der Waals surface area contributed by atoms with E-state index in [0.29, 0.717) is 17.5 Å². The fraction of sp³-hybridized carbons (Fsp3) is 0.250. The number of anilines is 2. The number of aryl methyl sites for hydroxylation is 2. The Hall–Kier alpha value is -2.09. The summed E-state index contributed by atoms with van der Waals surface area (Å²) in [7, 11) is -4.06. The number of benzene rings is 1. The van der Waals surface area contributed by atoms with Crippen molar-refractivity contribution in [1.29, 1.82) is 0 Å². The smallest absolute Gasteiger partial charge is 0.266 e. The minimum Gasteiger partial charge on any atom is -0.398 e. The summed E-state index contributed by atoms with van der Waals surface area (Å²) in [4.78, 5) is -0.489. The molecule has 0 fully saturated rings. The molecule has 4 N–H and O–H groups in total. The molecule has 2 aromatic rings. The molecule has 0 radical (unpaired) electrons. The van der Waals surface area contributed by atoms with E-state index < -0.39 is 20.7 Å². The lowest BCUT2D eigenvalue weighted by molar-refractivity contribution is 0.570. The summed E-state index contributed by atoms with van der Waals surface area (Å²) >= 11 is 0. The van der Waals surface area contributed by atoms with E-state index in [9.17, 15) is 12.8 Å². The molecule has 0 saturated carbocycles. The van der Waals surface area contributed by atoms with Gasteiger partial charge in [-0.2, -0.15) is 5.10 Å². The summed E-state index contributed by atoms with van der Waals surface area (Å²) in [5.41, 5.74) is 7.02. The van der Waals surface area contributed by atoms with Crippen LogP contribution in [0, 0.1) is 12.7 Å². The molecule has 0 aliphatic rings. The van der Waals surface area contributed by atoms with Gasteiger partial charge in [0.2, 0.25) is 0 Å². The number of nitrogens with zero attached hydrogens (tertiary/aromatic N) is 1. The second-order valence-corrected chi connectivity index (χ2v) is 6.02. The van der Waals surface area contributed by atoms with Gasteiger partial charge in [-0.3, -0.25) is 9.82 Å². The number of aromatic nitrogens is 2. The zero-order chi connectivity index (χ0) is 14.9. The van der Waals surface area contributed by atoms with E-state index in [2.05, 4.69) is 14.9 Å². The first-order valence-corrected chi connectivity index (χ1v) is 7.44. The predicted octanol–water partition coefficient (Wildman–Crippen LogP) is 1.80. The van der Waals surface area contributed by atoms with Gasteiger partial charge in [-0.1, -0.05) is 6.92 Å².